The van der Waals surface area contributed by atoms with E-state index >= 15 is 0 Å². The number of hydrogen-bond acceptors (Lipinski definition) is 5. The minimum absolute atomic E-state index is 0.0136. The van der Waals surface area contributed by atoms with Gasteiger partial charge >= 0.3 is 12.1 Å². The van der Waals surface area contributed by atoms with Gasteiger partial charge in [0.25, 0.3) is 5.91 Å². The van der Waals surface area contributed by atoms with E-state index in [2.05, 4.69) is 0 Å². The highest BCUT2D eigenvalue weighted by Gasteiger charge is 2.33. The third-order valence-electron chi connectivity index (χ3n) is 3.99. The van der Waals surface area contributed by atoms with E-state index in [-0.39, 0.29) is 27.8 Å². The lowest BCUT2D eigenvalue weighted by molar-refractivity contribution is -0.140. The fourth-order valence-corrected chi connectivity index (χ4v) is 2.77. The second-order valence-electron chi connectivity index (χ2n) is 5.90. The van der Waals surface area contributed by atoms with E-state index in [1.54, 1.807) is 17.4 Å². The standard InChI is InChI=1S/C19H12F3NO5/c20-19(21,22)9-23-14(24)8-28-18(27)13-7-3-6-12-15(13)17(26)11-5-2-1-4-10(11)16(12)25/h1-7H,8-9H2,(H,23,24). The molecule has 9 heteroatoms. The van der Waals surface area contributed by atoms with Crippen LogP contribution in [0.2, 0.25) is 0 Å². The molecule has 1 amide bonds. The minimum Gasteiger partial charge on any atom is -0.452 e. The number of carbonyl (C=O) groups excluding carboxylic acids is 4. The number of rotatable bonds is 4. The fraction of sp³-hybridized carbons (Fsp3) is 0.158. The summed E-state index contributed by atoms with van der Waals surface area (Å²) in [6.07, 6.45) is -4.60. The molecule has 1 aliphatic carbocycles. The van der Waals surface area contributed by atoms with Crippen molar-refractivity contribution >= 4 is 23.4 Å². The SMILES string of the molecule is O=C(COC(=O)c1cccc2c1C(=O)c1ccccc1C2=O)NCC(F)(F)F. The Morgan fingerprint density at radius 1 is 0.893 bits per heavy atom. The van der Waals surface area contributed by atoms with Crippen LogP contribution in [0.25, 0.3) is 0 Å². The summed E-state index contributed by atoms with van der Waals surface area (Å²) in [5.41, 5.74) is -0.0548. The molecular formula is C19H12F3NO5. The van der Waals surface area contributed by atoms with Gasteiger partial charge in [0, 0.05) is 22.3 Å². The summed E-state index contributed by atoms with van der Waals surface area (Å²) >= 11 is 0. The predicted molar refractivity (Wildman–Crippen MR) is 89.1 cm³/mol. The van der Waals surface area contributed by atoms with Crippen molar-refractivity contribution in [2.24, 2.45) is 0 Å². The third kappa shape index (κ3) is 3.78. The lowest BCUT2D eigenvalue weighted by atomic mass is 9.82. The number of nitrogens with one attached hydrogen (secondary N) is 1. The van der Waals surface area contributed by atoms with E-state index in [0.29, 0.717) is 0 Å². The highest BCUT2D eigenvalue weighted by molar-refractivity contribution is 6.30. The summed E-state index contributed by atoms with van der Waals surface area (Å²) in [5, 5.41) is 1.56. The van der Waals surface area contributed by atoms with Crippen molar-refractivity contribution in [1.29, 1.82) is 0 Å². The van der Waals surface area contributed by atoms with Gasteiger partial charge in [0.1, 0.15) is 6.54 Å². The Morgan fingerprint density at radius 3 is 2.14 bits per heavy atom. The summed E-state index contributed by atoms with van der Waals surface area (Å²) in [7, 11) is 0. The monoisotopic (exact) mass is 391 g/mol. The molecule has 6 nitrogen and oxygen atoms in total. The van der Waals surface area contributed by atoms with Crippen molar-refractivity contribution in [2.45, 2.75) is 6.18 Å². The van der Waals surface area contributed by atoms with Gasteiger partial charge in [-0.1, -0.05) is 36.4 Å². The molecule has 0 atom stereocenters. The number of ketones is 2. The van der Waals surface area contributed by atoms with E-state index in [4.69, 9.17) is 4.74 Å². The zero-order valence-corrected chi connectivity index (χ0v) is 14.1. The van der Waals surface area contributed by atoms with E-state index in [0.717, 1.165) is 0 Å². The number of benzene rings is 2. The maximum absolute atomic E-state index is 12.8. The van der Waals surface area contributed by atoms with Crippen LogP contribution >= 0.6 is 0 Å². The molecule has 0 unspecified atom stereocenters. The Balaban J connectivity index is 1.81. The molecule has 0 fully saturated rings. The summed E-state index contributed by atoms with van der Waals surface area (Å²) in [6.45, 7) is -2.52. The molecule has 144 valence electrons. The van der Waals surface area contributed by atoms with Gasteiger partial charge in [-0.05, 0) is 6.07 Å². The predicted octanol–water partition coefficient (Wildman–Crippen LogP) is 2.30. The molecule has 0 saturated heterocycles. The normalized spacial score (nSPS) is 12.8. The number of carbonyl (C=O) groups is 4. The van der Waals surface area contributed by atoms with Gasteiger partial charge in [0.2, 0.25) is 0 Å². The van der Waals surface area contributed by atoms with E-state index in [1.807, 2.05) is 0 Å². The van der Waals surface area contributed by atoms with Crippen LogP contribution in [0.5, 0.6) is 0 Å². The molecule has 0 aromatic heterocycles. The first-order chi connectivity index (χ1) is 13.2. The zero-order chi connectivity index (χ0) is 20.5. The maximum atomic E-state index is 12.8. The van der Waals surface area contributed by atoms with Gasteiger partial charge in [0.15, 0.2) is 18.2 Å². The van der Waals surface area contributed by atoms with Crippen LogP contribution in [0.3, 0.4) is 0 Å². The fourth-order valence-electron chi connectivity index (χ4n) is 2.77. The van der Waals surface area contributed by atoms with E-state index < -0.39 is 42.8 Å². The highest BCUT2D eigenvalue weighted by Crippen LogP contribution is 2.29. The average Bonchev–Trinajstić information content (AvgIpc) is 2.67. The van der Waals surface area contributed by atoms with Crippen LogP contribution in [0, 0.1) is 0 Å². The van der Waals surface area contributed by atoms with Crippen molar-refractivity contribution in [3.63, 3.8) is 0 Å². The molecule has 2 aromatic carbocycles. The first kappa shape index (κ1) is 19.3. The summed E-state index contributed by atoms with van der Waals surface area (Å²) in [4.78, 5) is 49.0. The van der Waals surface area contributed by atoms with Crippen LogP contribution in [-0.4, -0.2) is 42.8 Å². The molecule has 2 aromatic rings. The number of hydrogen-bond donors (Lipinski definition) is 1. The lowest BCUT2D eigenvalue weighted by Gasteiger charge is -2.19. The lowest BCUT2D eigenvalue weighted by Crippen LogP contribution is -2.36. The highest BCUT2D eigenvalue weighted by atomic mass is 19.4. The Morgan fingerprint density at radius 2 is 1.50 bits per heavy atom. The van der Waals surface area contributed by atoms with Gasteiger partial charge in [0.05, 0.1) is 5.56 Å². The van der Waals surface area contributed by atoms with E-state index in [1.165, 1.54) is 30.3 Å². The maximum Gasteiger partial charge on any atom is 0.405 e. The molecule has 0 heterocycles. The third-order valence-corrected chi connectivity index (χ3v) is 3.99. The minimum atomic E-state index is -4.60. The number of alkyl halides is 3. The summed E-state index contributed by atoms with van der Waals surface area (Å²) in [5.74, 6) is -3.25. The number of fused-ring (bicyclic) bond motifs is 2. The van der Waals surface area contributed by atoms with Crippen molar-refractivity contribution in [2.75, 3.05) is 13.2 Å². The molecule has 3 rings (SSSR count). The Bertz CT molecular complexity index is 997. The topological polar surface area (TPSA) is 89.5 Å². The van der Waals surface area contributed by atoms with Crippen molar-refractivity contribution in [3.05, 3.63) is 70.3 Å². The smallest absolute Gasteiger partial charge is 0.405 e. The number of amides is 1. The summed E-state index contributed by atoms with van der Waals surface area (Å²) in [6, 6.07) is 10.1. The molecule has 0 bridgehead atoms. The van der Waals surface area contributed by atoms with Crippen LogP contribution in [0.15, 0.2) is 42.5 Å². The van der Waals surface area contributed by atoms with Crippen LogP contribution in [0.1, 0.15) is 42.2 Å². The van der Waals surface area contributed by atoms with Crippen molar-refractivity contribution < 1.29 is 37.1 Å². The Kier molecular flexibility index (Phi) is 5.00. The average molecular weight is 391 g/mol. The molecule has 0 aliphatic heterocycles. The van der Waals surface area contributed by atoms with Crippen LogP contribution in [-0.2, 0) is 9.53 Å². The van der Waals surface area contributed by atoms with Gasteiger partial charge in [-0.2, -0.15) is 13.2 Å². The van der Waals surface area contributed by atoms with Crippen LogP contribution in [0.4, 0.5) is 13.2 Å². The van der Waals surface area contributed by atoms with Gasteiger partial charge in [-0.15, -0.1) is 0 Å². The quantitative estimate of drug-likeness (QED) is 0.690. The zero-order valence-electron chi connectivity index (χ0n) is 14.1. The number of ether oxygens (including phenoxy) is 1. The first-order valence-electron chi connectivity index (χ1n) is 8.01. The van der Waals surface area contributed by atoms with Gasteiger partial charge in [-0.3, -0.25) is 14.4 Å². The van der Waals surface area contributed by atoms with Crippen molar-refractivity contribution in [1.82, 2.24) is 5.32 Å². The number of esters is 1. The number of halogens is 3. The molecule has 28 heavy (non-hydrogen) atoms. The Labute approximate surface area is 156 Å². The van der Waals surface area contributed by atoms with Gasteiger partial charge in [-0.25, -0.2) is 4.79 Å². The molecule has 0 radical (unpaired) electrons. The second-order valence-corrected chi connectivity index (χ2v) is 5.90. The molecule has 1 aliphatic rings. The molecular weight excluding hydrogens is 379 g/mol. The second kappa shape index (κ2) is 7.26. The van der Waals surface area contributed by atoms with Crippen LogP contribution < -0.4 is 5.32 Å². The van der Waals surface area contributed by atoms with E-state index in [9.17, 15) is 32.3 Å². The molecule has 0 saturated carbocycles. The van der Waals surface area contributed by atoms with Gasteiger partial charge < -0.3 is 10.1 Å². The summed E-state index contributed by atoms with van der Waals surface area (Å²) < 4.78 is 40.9. The largest absolute Gasteiger partial charge is 0.452 e. The van der Waals surface area contributed by atoms with Crippen molar-refractivity contribution in [3.8, 4) is 0 Å². The molecule has 1 N–H and O–H groups in total. The first-order valence-corrected chi connectivity index (χ1v) is 8.01. The molecule has 0 spiro atoms. The Hall–Kier alpha value is -3.49.